The molecule has 1 unspecified atom stereocenters. The van der Waals surface area contributed by atoms with Crippen LogP contribution in [0.3, 0.4) is 0 Å². The van der Waals surface area contributed by atoms with Gasteiger partial charge in [-0.05, 0) is 49.3 Å². The number of nitrogens with two attached hydrogens (primary N) is 1. The van der Waals surface area contributed by atoms with E-state index in [0.717, 1.165) is 31.6 Å². The van der Waals surface area contributed by atoms with E-state index in [1.807, 2.05) is 0 Å². The first-order chi connectivity index (χ1) is 14.7. The molecule has 1 aliphatic rings. The highest BCUT2D eigenvalue weighted by Crippen LogP contribution is 2.34. The van der Waals surface area contributed by atoms with Gasteiger partial charge in [0.25, 0.3) is 0 Å². The number of rotatable bonds is 6. The molecule has 1 aliphatic heterocycles. The number of hydrogen-bond donors (Lipinski definition) is 3. The number of aromatic nitrogens is 2. The number of aliphatic hydroxyl groups excluding tert-OH is 1. The Morgan fingerprint density at radius 3 is 2.58 bits per heavy atom. The third kappa shape index (κ3) is 4.60. The molecule has 0 bridgehead atoms. The van der Waals surface area contributed by atoms with E-state index in [9.17, 15) is 22.7 Å². The van der Waals surface area contributed by atoms with Crippen LogP contribution in [0.4, 0.5) is 23.4 Å². The second kappa shape index (κ2) is 8.37. The zero-order chi connectivity index (χ0) is 22.2. The van der Waals surface area contributed by atoms with Crippen LogP contribution in [-0.4, -0.2) is 39.6 Å². The molecule has 31 heavy (non-hydrogen) atoms. The van der Waals surface area contributed by atoms with Crippen molar-refractivity contribution in [3.05, 3.63) is 65.2 Å². The van der Waals surface area contributed by atoms with Crippen molar-refractivity contribution < 1.29 is 22.7 Å². The molecular weight excluding hydrogens is 414 g/mol. The van der Waals surface area contributed by atoms with Gasteiger partial charge in [0.05, 0.1) is 17.1 Å². The van der Waals surface area contributed by atoms with Crippen LogP contribution in [0.5, 0.6) is 0 Å². The first-order valence-electron chi connectivity index (χ1n) is 9.76. The number of anilines is 1. The quantitative estimate of drug-likeness (QED) is 0.405. The first-order valence-corrected chi connectivity index (χ1v) is 9.76. The van der Waals surface area contributed by atoms with Gasteiger partial charge in [-0.3, -0.25) is 0 Å². The van der Waals surface area contributed by atoms with Gasteiger partial charge in [0, 0.05) is 17.5 Å². The third-order valence-electron chi connectivity index (χ3n) is 5.36. The number of nitrogens with one attached hydrogen (secondary N) is 1. The smallest absolute Gasteiger partial charge is 0.374 e. The molecule has 1 saturated heterocycles. The topological polar surface area (TPSA) is 87.3 Å². The van der Waals surface area contributed by atoms with Gasteiger partial charge < -0.3 is 21.1 Å². The number of halogens is 4. The fourth-order valence-electron chi connectivity index (χ4n) is 3.66. The average molecular weight is 435 g/mol. The molecule has 1 aromatic heterocycles. The average Bonchev–Trinajstić information content (AvgIpc) is 2.68. The Kier molecular flexibility index (Phi) is 5.78. The van der Waals surface area contributed by atoms with Gasteiger partial charge in [-0.15, -0.1) is 0 Å². The number of hydrogen-bond acceptors (Lipinski definition) is 6. The largest absolute Gasteiger partial charge is 0.416 e. The molecular formula is C21H21F4N5O. The molecule has 0 spiro atoms. The fourth-order valence-corrected chi connectivity index (χ4v) is 3.66. The number of alkyl halides is 3. The molecule has 10 heteroatoms. The molecule has 164 valence electrons. The van der Waals surface area contributed by atoms with Gasteiger partial charge >= 0.3 is 6.18 Å². The van der Waals surface area contributed by atoms with Crippen LogP contribution in [0.25, 0.3) is 10.9 Å². The van der Waals surface area contributed by atoms with Gasteiger partial charge in [0.1, 0.15) is 24.2 Å². The SMILES string of the molecule is NC(O)c1cccc2c(N[C@H](CN3CCC3)c3cc(F)cc(C(F)(F)F)c3)ncnc12. The first kappa shape index (κ1) is 21.4. The second-order valence-electron chi connectivity index (χ2n) is 7.53. The molecule has 1 fully saturated rings. The summed E-state index contributed by atoms with van der Waals surface area (Å²) in [5.41, 5.74) is 5.55. The number of nitrogens with zero attached hydrogens (tertiary/aromatic N) is 3. The highest BCUT2D eigenvalue weighted by Gasteiger charge is 2.32. The molecule has 0 amide bonds. The van der Waals surface area contributed by atoms with Crippen molar-refractivity contribution in [1.82, 2.24) is 14.9 Å². The standard InChI is InChI=1S/C21H21F4N5O/c22-14-8-12(7-13(9-14)21(23,24)25)17(10-30-5-2-6-30)29-20-16-4-1-3-15(19(26)31)18(16)27-11-28-20/h1,3-4,7-9,11,17,19,31H,2,5-6,10,26H2,(H,27,28,29)/t17-,19?/m1/s1. The molecule has 2 aromatic carbocycles. The normalized spacial score (nSPS) is 16.7. The summed E-state index contributed by atoms with van der Waals surface area (Å²) in [6.07, 6.45) is -3.63. The Morgan fingerprint density at radius 1 is 1.16 bits per heavy atom. The van der Waals surface area contributed by atoms with Crippen LogP contribution in [0, 0.1) is 5.82 Å². The monoisotopic (exact) mass is 435 g/mol. The Bertz CT molecular complexity index is 1090. The summed E-state index contributed by atoms with van der Waals surface area (Å²) in [5, 5.41) is 13.5. The minimum absolute atomic E-state index is 0.168. The molecule has 0 radical (unpaired) electrons. The molecule has 6 nitrogen and oxygen atoms in total. The van der Waals surface area contributed by atoms with Crippen molar-refractivity contribution in [2.24, 2.45) is 5.73 Å². The number of benzene rings is 2. The van der Waals surface area contributed by atoms with Gasteiger partial charge in [-0.1, -0.05) is 12.1 Å². The molecule has 0 aliphatic carbocycles. The van der Waals surface area contributed by atoms with Gasteiger partial charge in [0.15, 0.2) is 0 Å². The van der Waals surface area contributed by atoms with E-state index in [1.165, 1.54) is 6.33 Å². The highest BCUT2D eigenvalue weighted by molar-refractivity contribution is 5.91. The lowest BCUT2D eigenvalue weighted by Gasteiger charge is -2.35. The molecule has 3 aromatic rings. The van der Waals surface area contributed by atoms with Crippen molar-refractivity contribution in [3.8, 4) is 0 Å². The number of aliphatic hydroxyl groups is 1. The van der Waals surface area contributed by atoms with E-state index >= 15 is 0 Å². The maximum atomic E-state index is 14.1. The summed E-state index contributed by atoms with van der Waals surface area (Å²) in [6, 6.07) is 6.92. The molecule has 0 saturated carbocycles. The second-order valence-corrected chi connectivity index (χ2v) is 7.53. The van der Waals surface area contributed by atoms with E-state index in [0.29, 0.717) is 34.9 Å². The molecule has 4 N–H and O–H groups in total. The van der Waals surface area contributed by atoms with Crippen molar-refractivity contribution in [2.75, 3.05) is 25.0 Å². The predicted octanol–water partition coefficient (Wildman–Crippen LogP) is 3.60. The lowest BCUT2D eigenvalue weighted by atomic mass is 10.0. The van der Waals surface area contributed by atoms with Crippen LogP contribution in [0.2, 0.25) is 0 Å². The fraction of sp³-hybridized carbons (Fsp3) is 0.333. The van der Waals surface area contributed by atoms with Crippen LogP contribution >= 0.6 is 0 Å². The molecule has 2 atom stereocenters. The van der Waals surface area contributed by atoms with Crippen LogP contribution < -0.4 is 11.1 Å². The number of para-hydroxylation sites is 1. The van der Waals surface area contributed by atoms with Crippen LogP contribution in [-0.2, 0) is 6.18 Å². The molecule has 2 heterocycles. The summed E-state index contributed by atoms with van der Waals surface area (Å²) in [4.78, 5) is 10.5. The van der Waals surface area contributed by atoms with E-state index in [2.05, 4.69) is 20.2 Å². The maximum absolute atomic E-state index is 14.1. The van der Waals surface area contributed by atoms with Crippen LogP contribution in [0.15, 0.2) is 42.7 Å². The Morgan fingerprint density at radius 2 is 1.94 bits per heavy atom. The van der Waals surface area contributed by atoms with Gasteiger partial charge in [-0.25, -0.2) is 14.4 Å². The van der Waals surface area contributed by atoms with Crippen molar-refractivity contribution in [1.29, 1.82) is 0 Å². The maximum Gasteiger partial charge on any atom is 0.416 e. The predicted molar refractivity (Wildman–Crippen MR) is 108 cm³/mol. The van der Waals surface area contributed by atoms with Crippen LogP contribution in [0.1, 0.15) is 35.4 Å². The highest BCUT2D eigenvalue weighted by atomic mass is 19.4. The van der Waals surface area contributed by atoms with E-state index < -0.39 is 29.8 Å². The molecule has 4 rings (SSSR count). The van der Waals surface area contributed by atoms with Crippen molar-refractivity contribution in [2.45, 2.75) is 24.9 Å². The van der Waals surface area contributed by atoms with E-state index in [-0.39, 0.29) is 5.56 Å². The Labute approximate surface area is 175 Å². The van der Waals surface area contributed by atoms with E-state index in [4.69, 9.17) is 5.73 Å². The zero-order valence-corrected chi connectivity index (χ0v) is 16.4. The van der Waals surface area contributed by atoms with E-state index in [1.54, 1.807) is 18.2 Å². The number of likely N-dealkylation sites (tertiary alicyclic amines) is 1. The summed E-state index contributed by atoms with van der Waals surface area (Å²) in [6.45, 7) is 2.01. The Hall–Kier alpha value is -2.82. The summed E-state index contributed by atoms with van der Waals surface area (Å²) in [7, 11) is 0. The van der Waals surface area contributed by atoms with Crippen molar-refractivity contribution >= 4 is 16.7 Å². The minimum atomic E-state index is -4.66. The third-order valence-corrected chi connectivity index (χ3v) is 5.36. The van der Waals surface area contributed by atoms with Crippen molar-refractivity contribution in [3.63, 3.8) is 0 Å². The Balaban J connectivity index is 1.75. The lowest BCUT2D eigenvalue weighted by Crippen LogP contribution is -2.41. The lowest BCUT2D eigenvalue weighted by molar-refractivity contribution is -0.137. The van der Waals surface area contributed by atoms with Gasteiger partial charge in [-0.2, -0.15) is 13.2 Å². The summed E-state index contributed by atoms with van der Waals surface area (Å²) >= 11 is 0. The number of fused-ring (bicyclic) bond motifs is 1. The minimum Gasteiger partial charge on any atom is -0.374 e. The summed E-state index contributed by atoms with van der Waals surface area (Å²) in [5.74, 6) is -0.600. The zero-order valence-electron chi connectivity index (χ0n) is 16.4. The summed E-state index contributed by atoms with van der Waals surface area (Å²) < 4.78 is 53.8. The van der Waals surface area contributed by atoms with Gasteiger partial charge in [0.2, 0.25) is 0 Å².